The summed E-state index contributed by atoms with van der Waals surface area (Å²) in [7, 11) is 1.65. The highest BCUT2D eigenvalue weighted by Crippen LogP contribution is 2.15. The van der Waals surface area contributed by atoms with Crippen molar-refractivity contribution in [3.63, 3.8) is 0 Å². The molecular weight excluding hydrogens is 332 g/mol. The van der Waals surface area contributed by atoms with Crippen molar-refractivity contribution in [3.8, 4) is 0 Å². The molecule has 1 amide bonds. The minimum Gasteiger partial charge on any atom is -0.380 e. The average Bonchev–Trinajstić information content (AvgIpc) is 2.69. The predicted molar refractivity (Wildman–Crippen MR) is 96.7 cm³/mol. The lowest BCUT2D eigenvalue weighted by Crippen LogP contribution is -2.50. The number of nitrogens with zero attached hydrogens (tertiary/aromatic N) is 1. The standard InChI is InChI=1S/C20H24N2O4/c1-24-12-15-5-7-16(8-6-15)20(23)22-18-9-11-25-14-19(18)26-13-17-4-2-3-10-21-17/h2-8,10,18-19H,9,11-14H2,1H3,(H,22,23)/t18-,19-/m1/s1. The number of hydrogen-bond donors (Lipinski definition) is 1. The lowest BCUT2D eigenvalue weighted by Gasteiger charge is -2.32. The van der Waals surface area contributed by atoms with Crippen molar-refractivity contribution in [1.29, 1.82) is 0 Å². The number of ether oxygens (including phenoxy) is 3. The third kappa shape index (κ3) is 5.11. The quantitative estimate of drug-likeness (QED) is 0.825. The van der Waals surface area contributed by atoms with Crippen molar-refractivity contribution in [1.82, 2.24) is 10.3 Å². The number of carbonyl (C=O) groups is 1. The van der Waals surface area contributed by atoms with Crippen LogP contribution in [0.5, 0.6) is 0 Å². The average molecular weight is 356 g/mol. The second kappa shape index (κ2) is 9.43. The third-order valence-corrected chi connectivity index (χ3v) is 4.32. The van der Waals surface area contributed by atoms with Gasteiger partial charge in [0, 0.05) is 25.5 Å². The molecule has 1 N–H and O–H groups in total. The van der Waals surface area contributed by atoms with E-state index in [2.05, 4.69) is 10.3 Å². The molecule has 0 spiro atoms. The molecule has 2 heterocycles. The normalized spacial score (nSPS) is 19.9. The molecule has 1 saturated heterocycles. The zero-order valence-electron chi connectivity index (χ0n) is 14.9. The molecule has 1 fully saturated rings. The highest BCUT2D eigenvalue weighted by atomic mass is 16.5. The SMILES string of the molecule is COCc1ccc(C(=O)N[C@@H]2CCOC[C@H]2OCc2ccccn2)cc1. The number of methoxy groups -OCH3 is 1. The van der Waals surface area contributed by atoms with E-state index in [0.717, 1.165) is 17.7 Å². The molecule has 1 aliphatic heterocycles. The Morgan fingerprint density at radius 2 is 2.08 bits per heavy atom. The predicted octanol–water partition coefficient (Wildman–Crippen LogP) is 2.33. The van der Waals surface area contributed by atoms with Crippen LogP contribution in [0.2, 0.25) is 0 Å². The van der Waals surface area contributed by atoms with Crippen LogP contribution in [0.4, 0.5) is 0 Å². The Hall–Kier alpha value is -2.28. The van der Waals surface area contributed by atoms with E-state index in [4.69, 9.17) is 14.2 Å². The Labute approximate surface area is 153 Å². The molecule has 2 atom stereocenters. The van der Waals surface area contributed by atoms with Gasteiger partial charge in [-0.25, -0.2) is 0 Å². The Morgan fingerprint density at radius 1 is 1.23 bits per heavy atom. The smallest absolute Gasteiger partial charge is 0.251 e. The van der Waals surface area contributed by atoms with Crippen molar-refractivity contribution in [2.75, 3.05) is 20.3 Å². The van der Waals surface area contributed by atoms with Gasteiger partial charge in [0.15, 0.2) is 0 Å². The summed E-state index contributed by atoms with van der Waals surface area (Å²) in [5.74, 6) is -0.104. The van der Waals surface area contributed by atoms with Gasteiger partial charge in [-0.2, -0.15) is 0 Å². The topological polar surface area (TPSA) is 69.7 Å². The monoisotopic (exact) mass is 356 g/mol. The highest BCUT2D eigenvalue weighted by Gasteiger charge is 2.28. The lowest BCUT2D eigenvalue weighted by molar-refractivity contribution is -0.0743. The Kier molecular flexibility index (Phi) is 6.71. The molecule has 0 aliphatic carbocycles. The second-order valence-corrected chi connectivity index (χ2v) is 6.24. The first kappa shape index (κ1) is 18.5. The Bertz CT molecular complexity index is 691. The molecule has 1 aromatic carbocycles. The number of pyridine rings is 1. The molecule has 2 aromatic rings. The molecule has 0 bridgehead atoms. The minimum atomic E-state index is -0.192. The summed E-state index contributed by atoms with van der Waals surface area (Å²) < 4.78 is 16.6. The van der Waals surface area contributed by atoms with Gasteiger partial charge < -0.3 is 19.5 Å². The molecule has 6 nitrogen and oxygen atoms in total. The van der Waals surface area contributed by atoms with E-state index in [0.29, 0.717) is 32.0 Å². The van der Waals surface area contributed by atoms with Crippen LogP contribution in [-0.2, 0) is 27.4 Å². The molecule has 0 radical (unpaired) electrons. The van der Waals surface area contributed by atoms with E-state index >= 15 is 0 Å². The van der Waals surface area contributed by atoms with Gasteiger partial charge in [-0.15, -0.1) is 0 Å². The number of amides is 1. The highest BCUT2D eigenvalue weighted by molar-refractivity contribution is 5.94. The van der Waals surface area contributed by atoms with Crippen molar-refractivity contribution in [3.05, 3.63) is 65.5 Å². The molecule has 1 aromatic heterocycles. The van der Waals surface area contributed by atoms with Gasteiger partial charge in [-0.05, 0) is 36.2 Å². The zero-order valence-corrected chi connectivity index (χ0v) is 14.9. The van der Waals surface area contributed by atoms with E-state index in [9.17, 15) is 4.79 Å². The van der Waals surface area contributed by atoms with Gasteiger partial charge in [0.25, 0.3) is 5.91 Å². The van der Waals surface area contributed by atoms with Crippen LogP contribution in [0, 0.1) is 0 Å². The first-order chi connectivity index (χ1) is 12.8. The summed E-state index contributed by atoms with van der Waals surface area (Å²) in [5, 5.41) is 3.08. The summed E-state index contributed by atoms with van der Waals surface area (Å²) in [5.41, 5.74) is 2.52. The number of carbonyl (C=O) groups excluding carboxylic acids is 1. The maximum atomic E-state index is 12.6. The summed E-state index contributed by atoms with van der Waals surface area (Å²) >= 11 is 0. The number of hydrogen-bond acceptors (Lipinski definition) is 5. The summed E-state index contributed by atoms with van der Waals surface area (Å²) in [6.45, 7) is 2.00. The first-order valence-electron chi connectivity index (χ1n) is 8.74. The summed E-state index contributed by atoms with van der Waals surface area (Å²) in [6.07, 6.45) is 2.27. The number of rotatable bonds is 7. The fourth-order valence-corrected chi connectivity index (χ4v) is 2.89. The van der Waals surface area contributed by atoms with Crippen molar-refractivity contribution < 1.29 is 19.0 Å². The molecule has 0 unspecified atom stereocenters. The van der Waals surface area contributed by atoms with E-state index < -0.39 is 0 Å². The van der Waals surface area contributed by atoms with Crippen LogP contribution in [0.25, 0.3) is 0 Å². The van der Waals surface area contributed by atoms with Gasteiger partial charge >= 0.3 is 0 Å². The first-order valence-corrected chi connectivity index (χ1v) is 8.74. The van der Waals surface area contributed by atoms with E-state index in [1.54, 1.807) is 13.3 Å². The number of aromatic nitrogens is 1. The molecule has 0 saturated carbocycles. The minimum absolute atomic E-state index is 0.0846. The molecular formula is C20H24N2O4. The largest absolute Gasteiger partial charge is 0.380 e. The van der Waals surface area contributed by atoms with Gasteiger partial charge in [-0.1, -0.05) is 18.2 Å². The maximum Gasteiger partial charge on any atom is 0.251 e. The van der Waals surface area contributed by atoms with Crippen LogP contribution in [0.1, 0.15) is 28.0 Å². The Balaban J connectivity index is 1.57. The maximum absolute atomic E-state index is 12.6. The molecule has 26 heavy (non-hydrogen) atoms. The van der Waals surface area contributed by atoms with Crippen LogP contribution >= 0.6 is 0 Å². The Morgan fingerprint density at radius 3 is 2.81 bits per heavy atom. The van der Waals surface area contributed by atoms with Crippen LogP contribution < -0.4 is 5.32 Å². The number of nitrogens with one attached hydrogen (secondary N) is 1. The van der Waals surface area contributed by atoms with Crippen LogP contribution in [0.3, 0.4) is 0 Å². The molecule has 6 heteroatoms. The van der Waals surface area contributed by atoms with Gasteiger partial charge in [0.1, 0.15) is 6.10 Å². The molecule has 1 aliphatic rings. The summed E-state index contributed by atoms with van der Waals surface area (Å²) in [4.78, 5) is 16.8. The molecule has 3 rings (SSSR count). The summed E-state index contributed by atoms with van der Waals surface area (Å²) in [6, 6.07) is 13.1. The van der Waals surface area contributed by atoms with Crippen molar-refractivity contribution in [2.24, 2.45) is 0 Å². The van der Waals surface area contributed by atoms with Crippen molar-refractivity contribution in [2.45, 2.75) is 31.8 Å². The zero-order chi connectivity index (χ0) is 18.2. The van der Waals surface area contributed by atoms with E-state index in [1.165, 1.54) is 0 Å². The third-order valence-electron chi connectivity index (χ3n) is 4.32. The fraction of sp³-hybridized carbons (Fsp3) is 0.400. The van der Waals surface area contributed by atoms with Crippen LogP contribution in [-0.4, -0.2) is 43.4 Å². The van der Waals surface area contributed by atoms with Crippen LogP contribution in [0.15, 0.2) is 48.7 Å². The van der Waals surface area contributed by atoms with Gasteiger partial charge in [0.2, 0.25) is 0 Å². The lowest BCUT2D eigenvalue weighted by atomic mass is 10.0. The van der Waals surface area contributed by atoms with E-state index in [-0.39, 0.29) is 18.1 Å². The molecule has 138 valence electrons. The van der Waals surface area contributed by atoms with Gasteiger partial charge in [0.05, 0.1) is 31.6 Å². The van der Waals surface area contributed by atoms with Gasteiger partial charge in [-0.3, -0.25) is 9.78 Å². The fourth-order valence-electron chi connectivity index (χ4n) is 2.89. The van der Waals surface area contributed by atoms with E-state index in [1.807, 2.05) is 42.5 Å². The number of benzene rings is 1. The van der Waals surface area contributed by atoms with Crippen molar-refractivity contribution >= 4 is 5.91 Å². The second-order valence-electron chi connectivity index (χ2n) is 6.24.